The number of hydrogen-bond acceptors (Lipinski definition) is 4. The second-order valence-corrected chi connectivity index (χ2v) is 4.39. The number of benzene rings is 1. The molecule has 1 atom stereocenters. The highest BCUT2D eigenvalue weighted by Crippen LogP contribution is 2.41. The molecule has 1 N–H and O–H groups in total. The van der Waals surface area contributed by atoms with Gasteiger partial charge in [0.25, 0.3) is 0 Å². The molecule has 0 aromatic heterocycles. The van der Waals surface area contributed by atoms with Crippen molar-refractivity contribution in [3.05, 3.63) is 17.7 Å². The van der Waals surface area contributed by atoms with Crippen molar-refractivity contribution in [2.24, 2.45) is 0 Å². The Balaban J connectivity index is 2.35. The van der Waals surface area contributed by atoms with Crippen LogP contribution in [0.3, 0.4) is 0 Å². The first-order chi connectivity index (χ1) is 8.80. The molecule has 4 heteroatoms. The van der Waals surface area contributed by atoms with Crippen LogP contribution in [0.4, 0.5) is 0 Å². The predicted octanol–water partition coefficient (Wildman–Crippen LogP) is 2.53. The fourth-order valence-corrected chi connectivity index (χ4v) is 2.28. The first kappa shape index (κ1) is 13.0. The molecule has 1 aromatic carbocycles. The molecule has 4 nitrogen and oxygen atoms in total. The van der Waals surface area contributed by atoms with E-state index in [4.69, 9.17) is 14.2 Å². The van der Waals surface area contributed by atoms with Crippen LogP contribution in [-0.2, 0) is 0 Å². The van der Waals surface area contributed by atoms with Gasteiger partial charge in [-0.25, -0.2) is 0 Å². The average molecular weight is 251 g/mol. The number of hydrogen-bond donors (Lipinski definition) is 1. The lowest BCUT2D eigenvalue weighted by molar-refractivity contribution is 0.244. The molecule has 0 radical (unpaired) electrons. The Bertz CT molecular complexity index is 389. The molecule has 18 heavy (non-hydrogen) atoms. The Morgan fingerprint density at radius 3 is 2.83 bits per heavy atom. The molecule has 0 spiro atoms. The van der Waals surface area contributed by atoms with Gasteiger partial charge in [-0.3, -0.25) is 0 Å². The van der Waals surface area contributed by atoms with E-state index in [1.54, 1.807) is 14.2 Å². The lowest BCUT2D eigenvalue weighted by Crippen LogP contribution is -2.28. The minimum Gasteiger partial charge on any atom is -0.496 e. The average Bonchev–Trinajstić information content (AvgIpc) is 2.43. The van der Waals surface area contributed by atoms with E-state index in [9.17, 15) is 0 Å². The minimum absolute atomic E-state index is 0.301. The van der Waals surface area contributed by atoms with E-state index in [0.29, 0.717) is 6.04 Å². The Labute approximate surface area is 108 Å². The summed E-state index contributed by atoms with van der Waals surface area (Å²) >= 11 is 0. The van der Waals surface area contributed by atoms with Gasteiger partial charge in [0.2, 0.25) is 0 Å². The van der Waals surface area contributed by atoms with Crippen LogP contribution in [0.2, 0.25) is 0 Å². The molecular weight excluding hydrogens is 230 g/mol. The molecule has 0 saturated carbocycles. The third kappa shape index (κ3) is 2.53. The van der Waals surface area contributed by atoms with E-state index < -0.39 is 0 Å². The maximum atomic E-state index is 5.72. The fourth-order valence-electron chi connectivity index (χ4n) is 2.28. The molecule has 0 aliphatic carbocycles. The largest absolute Gasteiger partial charge is 0.496 e. The summed E-state index contributed by atoms with van der Waals surface area (Å²) in [5.74, 6) is 2.46. The summed E-state index contributed by atoms with van der Waals surface area (Å²) in [5.41, 5.74) is 1.11. The highest BCUT2D eigenvalue weighted by molar-refractivity contribution is 5.53. The maximum Gasteiger partial charge on any atom is 0.131 e. The van der Waals surface area contributed by atoms with Crippen molar-refractivity contribution in [1.29, 1.82) is 0 Å². The van der Waals surface area contributed by atoms with Crippen molar-refractivity contribution in [1.82, 2.24) is 5.32 Å². The summed E-state index contributed by atoms with van der Waals surface area (Å²) in [5, 5.41) is 3.54. The summed E-state index contributed by atoms with van der Waals surface area (Å²) in [4.78, 5) is 0. The van der Waals surface area contributed by atoms with Crippen molar-refractivity contribution in [3.8, 4) is 17.2 Å². The molecule has 1 unspecified atom stereocenters. The molecule has 1 aromatic rings. The smallest absolute Gasteiger partial charge is 0.131 e. The lowest BCUT2D eigenvalue weighted by Gasteiger charge is -2.28. The van der Waals surface area contributed by atoms with E-state index in [0.717, 1.165) is 48.8 Å². The van der Waals surface area contributed by atoms with Crippen molar-refractivity contribution >= 4 is 0 Å². The molecule has 0 bridgehead atoms. The van der Waals surface area contributed by atoms with Crippen LogP contribution in [0.15, 0.2) is 12.1 Å². The number of methoxy groups -OCH3 is 2. The van der Waals surface area contributed by atoms with Gasteiger partial charge in [0, 0.05) is 24.6 Å². The predicted molar refractivity (Wildman–Crippen MR) is 70.7 cm³/mol. The minimum atomic E-state index is 0.301. The van der Waals surface area contributed by atoms with Gasteiger partial charge in [-0.05, 0) is 13.0 Å². The Hall–Kier alpha value is -1.42. The number of ether oxygens (including phenoxy) is 3. The molecule has 1 aliphatic rings. The van der Waals surface area contributed by atoms with Crippen LogP contribution >= 0.6 is 0 Å². The van der Waals surface area contributed by atoms with Gasteiger partial charge in [0.1, 0.15) is 17.2 Å². The summed E-state index contributed by atoms with van der Waals surface area (Å²) in [6.07, 6.45) is 2.08. The quantitative estimate of drug-likeness (QED) is 0.873. The Morgan fingerprint density at radius 2 is 2.17 bits per heavy atom. The fraction of sp³-hybridized carbons (Fsp3) is 0.571. The van der Waals surface area contributed by atoms with Gasteiger partial charge >= 0.3 is 0 Å². The van der Waals surface area contributed by atoms with E-state index >= 15 is 0 Å². The third-order valence-electron chi connectivity index (χ3n) is 3.19. The zero-order valence-electron chi connectivity index (χ0n) is 11.3. The summed E-state index contributed by atoms with van der Waals surface area (Å²) in [6, 6.07) is 4.14. The normalized spacial score (nSPS) is 17.8. The highest BCUT2D eigenvalue weighted by atomic mass is 16.5. The topological polar surface area (TPSA) is 39.7 Å². The number of fused-ring (bicyclic) bond motifs is 1. The molecule has 0 fully saturated rings. The van der Waals surface area contributed by atoms with Crippen LogP contribution in [0, 0.1) is 0 Å². The molecule has 1 heterocycles. The highest BCUT2D eigenvalue weighted by Gasteiger charge is 2.25. The van der Waals surface area contributed by atoms with E-state index in [2.05, 4.69) is 12.2 Å². The summed E-state index contributed by atoms with van der Waals surface area (Å²) < 4.78 is 16.4. The second-order valence-electron chi connectivity index (χ2n) is 4.39. The van der Waals surface area contributed by atoms with Crippen molar-refractivity contribution in [2.45, 2.75) is 25.8 Å². The van der Waals surface area contributed by atoms with E-state index in [1.807, 2.05) is 12.1 Å². The van der Waals surface area contributed by atoms with Gasteiger partial charge in [0.15, 0.2) is 0 Å². The third-order valence-corrected chi connectivity index (χ3v) is 3.19. The van der Waals surface area contributed by atoms with Gasteiger partial charge in [-0.1, -0.05) is 6.92 Å². The first-order valence-corrected chi connectivity index (χ1v) is 6.42. The first-order valence-electron chi connectivity index (χ1n) is 6.42. The Morgan fingerprint density at radius 1 is 1.33 bits per heavy atom. The van der Waals surface area contributed by atoms with Gasteiger partial charge < -0.3 is 19.5 Å². The molecule has 100 valence electrons. The molecular formula is C14H21NO3. The van der Waals surface area contributed by atoms with E-state index in [-0.39, 0.29) is 0 Å². The zero-order chi connectivity index (χ0) is 13.0. The number of nitrogens with one attached hydrogen (secondary N) is 1. The van der Waals surface area contributed by atoms with Crippen LogP contribution in [0.5, 0.6) is 17.2 Å². The van der Waals surface area contributed by atoms with Gasteiger partial charge in [0.05, 0.1) is 26.4 Å². The molecule has 0 amide bonds. The van der Waals surface area contributed by atoms with Crippen molar-refractivity contribution in [2.75, 3.05) is 27.4 Å². The summed E-state index contributed by atoms with van der Waals surface area (Å²) in [6.45, 7) is 3.89. The van der Waals surface area contributed by atoms with Gasteiger partial charge in [-0.2, -0.15) is 0 Å². The molecule has 0 saturated heterocycles. The van der Waals surface area contributed by atoms with Crippen molar-refractivity contribution < 1.29 is 14.2 Å². The number of rotatable bonds is 5. The summed E-state index contributed by atoms with van der Waals surface area (Å²) in [7, 11) is 3.33. The SMILES string of the molecule is CCCNC1CCOc2cc(OC)cc(OC)c21. The molecule has 2 rings (SSSR count). The van der Waals surface area contributed by atoms with Gasteiger partial charge in [-0.15, -0.1) is 0 Å². The Kier molecular flexibility index (Phi) is 4.31. The zero-order valence-corrected chi connectivity index (χ0v) is 11.3. The molecule has 1 aliphatic heterocycles. The lowest BCUT2D eigenvalue weighted by atomic mass is 9.99. The second kappa shape index (κ2) is 5.96. The standard InChI is InChI=1S/C14H21NO3/c1-4-6-15-11-5-7-18-13-9-10(16-2)8-12(17-3)14(11)13/h8-9,11,15H,4-7H2,1-3H3. The van der Waals surface area contributed by atoms with Crippen LogP contribution in [0.25, 0.3) is 0 Å². The van der Waals surface area contributed by atoms with Crippen LogP contribution in [0.1, 0.15) is 31.4 Å². The van der Waals surface area contributed by atoms with Crippen LogP contribution < -0.4 is 19.5 Å². The monoisotopic (exact) mass is 251 g/mol. The maximum absolute atomic E-state index is 5.72. The van der Waals surface area contributed by atoms with E-state index in [1.165, 1.54) is 0 Å². The van der Waals surface area contributed by atoms with Crippen LogP contribution in [-0.4, -0.2) is 27.4 Å². The van der Waals surface area contributed by atoms with Crippen molar-refractivity contribution in [3.63, 3.8) is 0 Å².